The molecule has 1 N–H and O–H groups in total. The van der Waals surface area contributed by atoms with Crippen LogP contribution in [0.3, 0.4) is 0 Å². The van der Waals surface area contributed by atoms with Crippen LogP contribution in [0.2, 0.25) is 0 Å². The molecule has 5 rings (SSSR count). The van der Waals surface area contributed by atoms with Gasteiger partial charge in [0.15, 0.2) is 11.2 Å². The first-order valence-corrected chi connectivity index (χ1v) is 10.4. The molecule has 1 amide bonds. The monoisotopic (exact) mass is 458 g/mol. The molecule has 0 aliphatic heterocycles. The fourth-order valence-electron chi connectivity index (χ4n) is 3.83. The predicted octanol–water partition coefficient (Wildman–Crippen LogP) is 3.08. The summed E-state index contributed by atoms with van der Waals surface area (Å²) in [5.74, 6) is -0.785. The summed E-state index contributed by atoms with van der Waals surface area (Å²) >= 11 is 0. The number of aryl methyl sites for hydroxylation is 1. The molecule has 0 saturated carbocycles. The summed E-state index contributed by atoms with van der Waals surface area (Å²) < 4.78 is 21.3. The Hall–Kier alpha value is -4.44. The van der Waals surface area contributed by atoms with E-state index in [1.165, 1.54) is 30.0 Å². The summed E-state index contributed by atoms with van der Waals surface area (Å²) in [5.41, 5.74) is 5.98. The Morgan fingerprint density at radius 3 is 2.59 bits per heavy atom. The number of nitrogens with one attached hydrogen (secondary N) is 1. The molecule has 9 nitrogen and oxygen atoms in total. The molecular formula is C24H19FN6O3. The van der Waals surface area contributed by atoms with Crippen molar-refractivity contribution in [2.24, 2.45) is 0 Å². The Balaban J connectivity index is 1.63. The van der Waals surface area contributed by atoms with Gasteiger partial charge in [-0.2, -0.15) is 5.10 Å². The van der Waals surface area contributed by atoms with E-state index in [0.717, 1.165) is 10.2 Å². The third-order valence-electron chi connectivity index (χ3n) is 5.48. The molecule has 0 spiro atoms. The highest BCUT2D eigenvalue weighted by Gasteiger charge is 2.20. The number of benzene rings is 2. The number of methoxy groups -OCH3 is 1. The lowest BCUT2D eigenvalue weighted by Gasteiger charge is -2.10. The van der Waals surface area contributed by atoms with E-state index in [1.54, 1.807) is 30.3 Å². The average Bonchev–Trinajstić information content (AvgIpc) is 3.20. The van der Waals surface area contributed by atoms with Gasteiger partial charge in [-0.1, -0.05) is 30.3 Å². The first-order valence-electron chi connectivity index (χ1n) is 10.4. The van der Waals surface area contributed by atoms with Gasteiger partial charge in [-0.05, 0) is 42.3 Å². The minimum absolute atomic E-state index is 0.0252. The van der Waals surface area contributed by atoms with E-state index in [-0.39, 0.29) is 17.9 Å². The van der Waals surface area contributed by atoms with Gasteiger partial charge in [0.1, 0.15) is 11.3 Å². The van der Waals surface area contributed by atoms with E-state index in [1.807, 2.05) is 19.1 Å². The normalized spacial score (nSPS) is 11.3. The van der Waals surface area contributed by atoms with Gasteiger partial charge in [0.2, 0.25) is 0 Å². The number of rotatable bonds is 5. The van der Waals surface area contributed by atoms with E-state index in [0.29, 0.717) is 33.5 Å². The van der Waals surface area contributed by atoms with Gasteiger partial charge < -0.3 is 4.74 Å². The molecule has 0 aliphatic carbocycles. The summed E-state index contributed by atoms with van der Waals surface area (Å²) in [6, 6.07) is 14.6. The zero-order valence-corrected chi connectivity index (χ0v) is 18.3. The summed E-state index contributed by atoms with van der Waals surface area (Å²) in [6.45, 7) is 2.00. The Morgan fingerprint density at radius 2 is 1.85 bits per heavy atom. The summed E-state index contributed by atoms with van der Waals surface area (Å²) in [6.07, 6.45) is 1.44. The minimum atomic E-state index is -0.555. The van der Waals surface area contributed by atoms with Crippen molar-refractivity contribution in [3.63, 3.8) is 0 Å². The summed E-state index contributed by atoms with van der Waals surface area (Å²) in [4.78, 5) is 25.8. The van der Waals surface area contributed by atoms with E-state index in [4.69, 9.17) is 4.74 Å². The number of hydrogen-bond donors (Lipinski definition) is 1. The smallest absolute Gasteiger partial charge is 0.299 e. The number of fused-ring (bicyclic) bond motifs is 3. The van der Waals surface area contributed by atoms with Crippen molar-refractivity contribution in [2.45, 2.75) is 13.5 Å². The maximum Gasteiger partial charge on any atom is 0.299 e. The van der Waals surface area contributed by atoms with Crippen LogP contribution in [0, 0.1) is 12.7 Å². The molecule has 10 heteroatoms. The van der Waals surface area contributed by atoms with Crippen LogP contribution in [0.5, 0.6) is 0 Å². The van der Waals surface area contributed by atoms with Crippen LogP contribution in [0.25, 0.3) is 27.8 Å². The zero-order valence-electron chi connectivity index (χ0n) is 18.3. The fourth-order valence-corrected chi connectivity index (χ4v) is 3.83. The predicted molar refractivity (Wildman–Crippen MR) is 124 cm³/mol. The van der Waals surface area contributed by atoms with Crippen LogP contribution >= 0.6 is 0 Å². The maximum absolute atomic E-state index is 13.5. The summed E-state index contributed by atoms with van der Waals surface area (Å²) in [7, 11) is 1.54. The lowest BCUT2D eigenvalue weighted by Crippen LogP contribution is -2.33. The summed E-state index contributed by atoms with van der Waals surface area (Å²) in [5, 5.41) is 13.0. The zero-order chi connectivity index (χ0) is 23.8. The van der Waals surface area contributed by atoms with Crippen LogP contribution in [0.15, 0.2) is 65.6 Å². The number of nitrogens with zero attached hydrogens (tertiary/aromatic N) is 5. The van der Waals surface area contributed by atoms with Crippen molar-refractivity contribution >= 4 is 22.6 Å². The van der Waals surface area contributed by atoms with E-state index in [2.05, 4.69) is 20.7 Å². The highest BCUT2D eigenvalue weighted by molar-refractivity contribution is 6.01. The molecule has 0 aliphatic rings. The highest BCUT2D eigenvalue weighted by Crippen LogP contribution is 2.29. The third kappa shape index (κ3) is 3.59. The number of carbonyl (C=O) groups excluding carboxylic acids is 1. The molecule has 34 heavy (non-hydrogen) atoms. The van der Waals surface area contributed by atoms with Crippen LogP contribution in [0.4, 0.5) is 4.39 Å². The first-order chi connectivity index (χ1) is 16.5. The minimum Gasteiger partial charge on any atom is -0.378 e. The molecule has 0 fully saturated rings. The van der Waals surface area contributed by atoms with Crippen molar-refractivity contribution in [1.82, 2.24) is 24.5 Å². The Labute approximate surface area is 192 Å². The van der Waals surface area contributed by atoms with Gasteiger partial charge in [-0.3, -0.25) is 15.0 Å². The lowest BCUT2D eigenvalue weighted by molar-refractivity contribution is 0.101. The maximum atomic E-state index is 13.5. The quantitative estimate of drug-likeness (QED) is 0.434. The standard InChI is InChI=1S/C24H19FN6O3/c1-14-5-3-4-6-17(14)23(32)29-30-12-11-19-21(24(30)33)26-27-22-20(15-7-9-16(25)10-8-15)18(13-34-2)28-31(19)22/h3-12H,13H2,1-2H3,(H,29,32). The number of pyridine rings is 1. The largest absolute Gasteiger partial charge is 0.378 e. The number of halogens is 1. The molecule has 3 heterocycles. The van der Waals surface area contributed by atoms with Gasteiger partial charge in [-0.15, -0.1) is 10.2 Å². The van der Waals surface area contributed by atoms with Crippen molar-refractivity contribution in [3.05, 3.63) is 93.8 Å². The van der Waals surface area contributed by atoms with Gasteiger partial charge in [-0.25, -0.2) is 13.6 Å². The van der Waals surface area contributed by atoms with E-state index in [9.17, 15) is 14.0 Å². The third-order valence-corrected chi connectivity index (χ3v) is 5.48. The molecule has 2 aromatic carbocycles. The second-order valence-corrected chi connectivity index (χ2v) is 7.68. The number of amides is 1. The molecule has 170 valence electrons. The molecule has 0 bridgehead atoms. The van der Waals surface area contributed by atoms with Crippen LogP contribution in [0.1, 0.15) is 21.6 Å². The molecule has 0 unspecified atom stereocenters. The van der Waals surface area contributed by atoms with Gasteiger partial charge in [0, 0.05) is 18.9 Å². The van der Waals surface area contributed by atoms with Crippen molar-refractivity contribution in [1.29, 1.82) is 0 Å². The molecule has 0 atom stereocenters. The van der Waals surface area contributed by atoms with Gasteiger partial charge in [0.05, 0.1) is 17.9 Å². The lowest BCUT2D eigenvalue weighted by atomic mass is 10.1. The molecule has 0 radical (unpaired) electrons. The Morgan fingerprint density at radius 1 is 1.09 bits per heavy atom. The second-order valence-electron chi connectivity index (χ2n) is 7.68. The van der Waals surface area contributed by atoms with Crippen molar-refractivity contribution in [2.75, 3.05) is 12.5 Å². The topological polar surface area (TPSA) is 103 Å². The number of hydrogen-bond acceptors (Lipinski definition) is 6. The van der Waals surface area contributed by atoms with E-state index >= 15 is 0 Å². The first kappa shape index (κ1) is 21.4. The van der Waals surface area contributed by atoms with Gasteiger partial charge >= 0.3 is 0 Å². The highest BCUT2D eigenvalue weighted by atomic mass is 19.1. The molecule has 5 aromatic rings. The fraction of sp³-hybridized carbons (Fsp3) is 0.125. The van der Waals surface area contributed by atoms with Crippen LogP contribution in [-0.4, -0.2) is 37.5 Å². The number of carbonyl (C=O) groups is 1. The van der Waals surface area contributed by atoms with Crippen LogP contribution < -0.4 is 11.0 Å². The average molecular weight is 458 g/mol. The molecule has 3 aromatic heterocycles. The number of ether oxygens (including phenoxy) is 1. The van der Waals surface area contributed by atoms with Gasteiger partial charge in [0.25, 0.3) is 11.5 Å². The van der Waals surface area contributed by atoms with Crippen molar-refractivity contribution < 1.29 is 13.9 Å². The Bertz CT molecular complexity index is 1610. The van der Waals surface area contributed by atoms with E-state index < -0.39 is 11.5 Å². The second kappa shape index (κ2) is 8.49. The molecule has 0 saturated heterocycles. The Kier molecular flexibility index (Phi) is 5.34. The van der Waals surface area contributed by atoms with Crippen LogP contribution in [-0.2, 0) is 11.3 Å². The number of aromatic nitrogens is 5. The molecular weight excluding hydrogens is 439 g/mol. The SMILES string of the molecule is COCc1nn2c(nnc3c(=O)n(NC(=O)c4ccccc4C)ccc32)c1-c1ccc(F)cc1. The van der Waals surface area contributed by atoms with Crippen molar-refractivity contribution in [3.8, 4) is 11.1 Å².